The second-order valence-corrected chi connectivity index (χ2v) is 9.36. The van der Waals surface area contributed by atoms with Crippen LogP contribution in [0.2, 0.25) is 0 Å². The highest BCUT2D eigenvalue weighted by atomic mass is 16.5. The number of rotatable bonds is 8. The lowest BCUT2D eigenvalue weighted by Gasteiger charge is -2.32. The molecule has 2 atom stereocenters. The van der Waals surface area contributed by atoms with E-state index in [-0.39, 0.29) is 24.7 Å². The Labute approximate surface area is 221 Å². The number of aromatic nitrogens is 3. The van der Waals surface area contributed by atoms with Crippen molar-refractivity contribution < 1.29 is 14.6 Å². The molecule has 1 aromatic carbocycles. The third-order valence-electron chi connectivity index (χ3n) is 6.19. The van der Waals surface area contributed by atoms with Gasteiger partial charge in [0.1, 0.15) is 29.2 Å². The van der Waals surface area contributed by atoms with Gasteiger partial charge in [0.05, 0.1) is 37.8 Å². The van der Waals surface area contributed by atoms with E-state index in [4.69, 9.17) is 21.3 Å². The zero-order chi connectivity index (χ0) is 27.1. The van der Waals surface area contributed by atoms with Gasteiger partial charge in [0.15, 0.2) is 0 Å². The molecule has 11 nitrogen and oxygen atoms in total. The molecule has 1 aliphatic carbocycles. The maximum atomic E-state index is 13.1. The van der Waals surface area contributed by atoms with Gasteiger partial charge in [-0.05, 0) is 48.1 Å². The molecule has 0 radical (unpaired) electrons. The smallest absolute Gasteiger partial charge is 0.320 e. The number of nitrogens with two attached hydrogens (primary N) is 2. The number of anilines is 1. The number of ether oxygens (including phenoxy) is 1. The fourth-order valence-electron chi connectivity index (χ4n) is 4.15. The summed E-state index contributed by atoms with van der Waals surface area (Å²) in [5.74, 6) is 1.43. The fraction of sp³-hybridized carbons (Fsp3) is 0.333. The van der Waals surface area contributed by atoms with E-state index in [0.29, 0.717) is 48.2 Å². The van der Waals surface area contributed by atoms with Gasteiger partial charge >= 0.3 is 6.03 Å². The first-order valence-corrected chi connectivity index (χ1v) is 12.6. The van der Waals surface area contributed by atoms with Crippen LogP contribution < -0.4 is 26.8 Å². The van der Waals surface area contributed by atoms with Gasteiger partial charge in [0, 0.05) is 5.70 Å². The van der Waals surface area contributed by atoms with Gasteiger partial charge in [-0.1, -0.05) is 38.1 Å². The van der Waals surface area contributed by atoms with Crippen LogP contribution in [0.4, 0.5) is 16.3 Å². The Balaban J connectivity index is 1.49. The van der Waals surface area contributed by atoms with Crippen LogP contribution in [0.5, 0.6) is 5.75 Å². The van der Waals surface area contributed by atoms with Gasteiger partial charge in [-0.2, -0.15) is 5.10 Å². The zero-order valence-corrected chi connectivity index (χ0v) is 21.5. The topological polar surface area (TPSA) is 166 Å². The van der Waals surface area contributed by atoms with Gasteiger partial charge < -0.3 is 26.6 Å². The first-order chi connectivity index (χ1) is 18.3. The standard InChI is InChI=1S/C27H34N8O3/c1-17(2)22(28)13-26(32-18-14-31-35(16-18)11-12-36)34-27(37)33-23-8-9-24(21-6-4-3-5-20(21)23)38-19-7-10-25(29)30-15-19/h3-7,10,13-17,23-24,36H,8-9,11-12,28H2,1-2H3,(H2,29,30)(H2,32,33,34,37). The Morgan fingerprint density at radius 1 is 1.24 bits per heavy atom. The highest BCUT2D eigenvalue weighted by Gasteiger charge is 2.29. The quantitative estimate of drug-likeness (QED) is 0.225. The number of amidine groups is 1. The minimum Gasteiger partial charge on any atom is -0.484 e. The van der Waals surface area contributed by atoms with Crippen LogP contribution >= 0.6 is 0 Å². The summed E-state index contributed by atoms with van der Waals surface area (Å²) in [4.78, 5) is 21.7. The minimum atomic E-state index is -0.402. The molecule has 2 unspecified atom stereocenters. The van der Waals surface area contributed by atoms with Crippen LogP contribution in [0.3, 0.4) is 0 Å². The molecule has 0 spiro atoms. The number of benzene rings is 1. The Hall–Kier alpha value is -4.38. The number of fused-ring (bicyclic) bond motifs is 1. The van der Waals surface area contributed by atoms with Crippen molar-refractivity contribution >= 4 is 23.4 Å². The van der Waals surface area contributed by atoms with Crippen LogP contribution in [0, 0.1) is 5.92 Å². The lowest BCUT2D eigenvalue weighted by Crippen LogP contribution is -2.42. The molecule has 11 heteroatoms. The number of aliphatic hydroxyl groups is 1. The van der Waals surface area contributed by atoms with E-state index >= 15 is 0 Å². The van der Waals surface area contributed by atoms with Crippen molar-refractivity contribution in [2.75, 3.05) is 12.3 Å². The number of aliphatic hydroxyl groups excluding tert-OH is 1. The number of amides is 2. The van der Waals surface area contributed by atoms with Gasteiger partial charge in [-0.25, -0.2) is 14.8 Å². The van der Waals surface area contributed by atoms with Gasteiger partial charge in [-0.15, -0.1) is 0 Å². The molecule has 2 aromatic heterocycles. The summed E-state index contributed by atoms with van der Waals surface area (Å²) in [5, 5.41) is 19.2. The monoisotopic (exact) mass is 518 g/mol. The predicted octanol–water partition coefficient (Wildman–Crippen LogP) is 3.34. The molecule has 4 rings (SSSR count). The number of pyridine rings is 1. The number of nitrogens with one attached hydrogen (secondary N) is 2. The number of hydrogen-bond donors (Lipinski definition) is 5. The van der Waals surface area contributed by atoms with Crippen LogP contribution in [-0.2, 0) is 6.54 Å². The maximum Gasteiger partial charge on any atom is 0.320 e. The van der Waals surface area contributed by atoms with Crippen LogP contribution in [0.1, 0.15) is 50.0 Å². The first kappa shape index (κ1) is 26.7. The molecule has 1 aliphatic rings. The Bertz CT molecular complexity index is 1300. The number of nitrogens with zero attached hydrogens (tertiary/aromatic N) is 4. The molecule has 0 saturated heterocycles. The molecule has 2 amide bonds. The van der Waals surface area contributed by atoms with Crippen LogP contribution in [0.25, 0.3) is 0 Å². The van der Waals surface area contributed by atoms with Crippen molar-refractivity contribution in [1.82, 2.24) is 25.4 Å². The van der Waals surface area contributed by atoms with E-state index in [1.54, 1.807) is 41.5 Å². The summed E-state index contributed by atoms with van der Waals surface area (Å²) in [5.41, 5.74) is 15.0. The fourth-order valence-corrected chi connectivity index (χ4v) is 4.15. The molecule has 2 heterocycles. The SMILES string of the molecule is CC(C)C(N)=CC(=Nc1cnn(CCO)c1)NC(=O)NC1CCC(Oc2ccc(N)nc2)c2ccccc21. The lowest BCUT2D eigenvalue weighted by molar-refractivity contribution is 0.171. The average Bonchev–Trinajstić information content (AvgIpc) is 3.33. The Morgan fingerprint density at radius 2 is 2.03 bits per heavy atom. The van der Waals surface area contributed by atoms with E-state index in [0.717, 1.165) is 11.1 Å². The van der Waals surface area contributed by atoms with Crippen LogP contribution in [0.15, 0.2) is 71.8 Å². The zero-order valence-electron chi connectivity index (χ0n) is 21.5. The maximum absolute atomic E-state index is 13.1. The Kier molecular flexibility index (Phi) is 8.59. The van der Waals surface area contributed by atoms with E-state index in [9.17, 15) is 4.79 Å². The first-order valence-electron chi connectivity index (χ1n) is 12.6. The van der Waals surface area contributed by atoms with E-state index in [1.165, 1.54) is 0 Å². The number of urea groups is 1. The lowest BCUT2D eigenvalue weighted by atomic mass is 9.85. The molecule has 7 N–H and O–H groups in total. The molecule has 38 heavy (non-hydrogen) atoms. The van der Waals surface area contributed by atoms with Gasteiger partial charge in [0.25, 0.3) is 0 Å². The van der Waals surface area contributed by atoms with E-state index < -0.39 is 6.03 Å². The minimum absolute atomic E-state index is 0.0375. The highest BCUT2D eigenvalue weighted by Crippen LogP contribution is 2.38. The molecule has 0 aliphatic heterocycles. The second-order valence-electron chi connectivity index (χ2n) is 9.36. The van der Waals surface area contributed by atoms with Crippen molar-refractivity contribution in [1.29, 1.82) is 0 Å². The molecular weight excluding hydrogens is 484 g/mol. The van der Waals surface area contributed by atoms with Crippen molar-refractivity contribution in [3.63, 3.8) is 0 Å². The summed E-state index contributed by atoms with van der Waals surface area (Å²) in [6.45, 7) is 4.23. The summed E-state index contributed by atoms with van der Waals surface area (Å²) in [6.07, 6.45) is 7.72. The van der Waals surface area contributed by atoms with E-state index in [2.05, 4.69) is 25.7 Å². The summed E-state index contributed by atoms with van der Waals surface area (Å²) in [7, 11) is 0. The number of carbonyl (C=O) groups excluding carboxylic acids is 1. The number of allylic oxidation sites excluding steroid dienone is 1. The Morgan fingerprint density at radius 3 is 2.74 bits per heavy atom. The predicted molar refractivity (Wildman–Crippen MR) is 146 cm³/mol. The van der Waals surface area contributed by atoms with E-state index in [1.807, 2.05) is 38.1 Å². The van der Waals surface area contributed by atoms with Gasteiger partial charge in [0.2, 0.25) is 0 Å². The summed E-state index contributed by atoms with van der Waals surface area (Å²) < 4.78 is 7.77. The molecular formula is C27H34N8O3. The van der Waals surface area contributed by atoms with Crippen molar-refractivity contribution in [3.8, 4) is 5.75 Å². The third-order valence-corrected chi connectivity index (χ3v) is 6.19. The van der Waals surface area contributed by atoms with Crippen molar-refractivity contribution in [2.24, 2.45) is 16.6 Å². The highest BCUT2D eigenvalue weighted by molar-refractivity contribution is 6.05. The third kappa shape index (κ3) is 6.88. The molecule has 200 valence electrons. The molecule has 0 bridgehead atoms. The normalized spacial score (nSPS) is 17.7. The molecule has 3 aromatic rings. The summed E-state index contributed by atoms with van der Waals surface area (Å²) in [6, 6.07) is 10.8. The molecule has 0 saturated carbocycles. The summed E-state index contributed by atoms with van der Waals surface area (Å²) >= 11 is 0. The van der Waals surface area contributed by atoms with Gasteiger partial charge in [-0.3, -0.25) is 10.00 Å². The largest absolute Gasteiger partial charge is 0.484 e. The number of carbonyl (C=O) groups is 1. The van der Waals surface area contributed by atoms with Crippen molar-refractivity contribution in [2.45, 2.75) is 45.4 Å². The number of aliphatic imine (C=N–C) groups is 1. The van der Waals surface area contributed by atoms with Crippen LogP contribution in [-0.4, -0.2) is 38.3 Å². The average molecular weight is 519 g/mol. The second kappa shape index (κ2) is 12.2. The van der Waals surface area contributed by atoms with Crippen molar-refractivity contribution in [3.05, 3.63) is 77.9 Å². The number of nitrogen functional groups attached to an aromatic ring is 1. The number of hydrogen-bond acceptors (Lipinski definition) is 8. The molecule has 0 fully saturated rings.